The van der Waals surface area contributed by atoms with E-state index >= 15 is 0 Å². The lowest BCUT2D eigenvalue weighted by molar-refractivity contribution is 0.342. The summed E-state index contributed by atoms with van der Waals surface area (Å²) in [5.74, 6) is 0.950. The molecule has 2 fully saturated rings. The van der Waals surface area contributed by atoms with Crippen molar-refractivity contribution < 1.29 is 0 Å². The third kappa shape index (κ3) is 2.58. The second kappa shape index (κ2) is 6.17. The zero-order valence-corrected chi connectivity index (χ0v) is 12.9. The maximum Gasteiger partial charge on any atom is 0.0417 e. The Bertz CT molecular complexity index is 443. The highest BCUT2D eigenvalue weighted by Crippen LogP contribution is 2.40. The van der Waals surface area contributed by atoms with Gasteiger partial charge in [0.25, 0.3) is 0 Å². The predicted octanol–water partition coefficient (Wildman–Crippen LogP) is 4.13. The van der Waals surface area contributed by atoms with Crippen molar-refractivity contribution in [1.82, 2.24) is 5.32 Å². The van der Waals surface area contributed by atoms with Crippen LogP contribution >= 0.6 is 0 Å². The first-order chi connectivity index (χ1) is 9.81. The molecule has 1 aliphatic heterocycles. The minimum absolute atomic E-state index is 0.443. The Hall–Kier alpha value is -1.02. The molecule has 1 N–H and O–H groups in total. The predicted molar refractivity (Wildman–Crippen MR) is 86.2 cm³/mol. The van der Waals surface area contributed by atoms with Crippen molar-refractivity contribution in [3.05, 3.63) is 29.8 Å². The van der Waals surface area contributed by atoms with E-state index in [1.165, 1.54) is 49.9 Å². The van der Waals surface area contributed by atoms with Gasteiger partial charge in [0.2, 0.25) is 0 Å². The minimum atomic E-state index is 0.443. The van der Waals surface area contributed by atoms with Gasteiger partial charge in [-0.15, -0.1) is 0 Å². The van der Waals surface area contributed by atoms with Gasteiger partial charge in [0.05, 0.1) is 0 Å². The Kier molecular flexibility index (Phi) is 4.30. The number of benzene rings is 1. The van der Waals surface area contributed by atoms with Gasteiger partial charge in [0, 0.05) is 24.3 Å². The summed E-state index contributed by atoms with van der Waals surface area (Å²) in [6.07, 6.45) is 7.11. The SMILES string of the molecule is CCNC(C)c1ccccc1N1CCC2CCCCC21. The van der Waals surface area contributed by atoms with Gasteiger partial charge >= 0.3 is 0 Å². The molecule has 1 aliphatic carbocycles. The van der Waals surface area contributed by atoms with Crippen LogP contribution < -0.4 is 10.2 Å². The average Bonchev–Trinajstić information content (AvgIpc) is 2.91. The Morgan fingerprint density at radius 1 is 1.20 bits per heavy atom. The molecule has 2 aliphatic rings. The van der Waals surface area contributed by atoms with Gasteiger partial charge in [-0.25, -0.2) is 0 Å². The lowest BCUT2D eigenvalue weighted by Gasteiger charge is -2.35. The van der Waals surface area contributed by atoms with E-state index in [0.717, 1.165) is 18.5 Å². The van der Waals surface area contributed by atoms with Crippen molar-refractivity contribution in [2.75, 3.05) is 18.0 Å². The summed E-state index contributed by atoms with van der Waals surface area (Å²) >= 11 is 0. The fourth-order valence-electron chi connectivity index (χ4n) is 4.24. The van der Waals surface area contributed by atoms with Gasteiger partial charge in [-0.3, -0.25) is 0 Å². The van der Waals surface area contributed by atoms with Gasteiger partial charge in [-0.1, -0.05) is 38.0 Å². The normalized spacial score (nSPS) is 27.4. The number of hydrogen-bond donors (Lipinski definition) is 1. The first kappa shape index (κ1) is 13.9. The highest BCUT2D eigenvalue weighted by molar-refractivity contribution is 5.56. The van der Waals surface area contributed by atoms with Crippen LogP contribution in [0.1, 0.15) is 57.6 Å². The van der Waals surface area contributed by atoms with Crippen molar-refractivity contribution in [2.24, 2.45) is 5.92 Å². The third-order valence-electron chi connectivity index (χ3n) is 5.23. The molecular weight excluding hydrogens is 244 g/mol. The molecular formula is C18H28N2. The van der Waals surface area contributed by atoms with Crippen LogP contribution in [0.3, 0.4) is 0 Å². The molecule has 20 heavy (non-hydrogen) atoms. The zero-order chi connectivity index (χ0) is 13.9. The summed E-state index contributed by atoms with van der Waals surface area (Å²) < 4.78 is 0. The number of nitrogens with zero attached hydrogens (tertiary/aromatic N) is 1. The molecule has 3 atom stereocenters. The van der Waals surface area contributed by atoms with Crippen molar-refractivity contribution in [3.8, 4) is 0 Å². The van der Waals surface area contributed by atoms with Crippen molar-refractivity contribution in [2.45, 2.75) is 58.0 Å². The molecule has 0 radical (unpaired) electrons. The lowest BCUT2D eigenvalue weighted by atomic mass is 9.85. The number of para-hydroxylation sites is 1. The Morgan fingerprint density at radius 3 is 2.85 bits per heavy atom. The topological polar surface area (TPSA) is 15.3 Å². The van der Waals surface area contributed by atoms with Gasteiger partial charge in [0.15, 0.2) is 0 Å². The fourth-order valence-corrected chi connectivity index (χ4v) is 4.24. The first-order valence-electron chi connectivity index (χ1n) is 8.40. The van der Waals surface area contributed by atoms with E-state index in [-0.39, 0.29) is 0 Å². The summed E-state index contributed by atoms with van der Waals surface area (Å²) in [5, 5.41) is 3.57. The maximum absolute atomic E-state index is 3.57. The molecule has 0 bridgehead atoms. The lowest BCUT2D eigenvalue weighted by Crippen LogP contribution is -2.35. The first-order valence-corrected chi connectivity index (χ1v) is 8.40. The smallest absolute Gasteiger partial charge is 0.0417 e. The Labute approximate surface area is 123 Å². The minimum Gasteiger partial charge on any atom is -0.368 e. The van der Waals surface area contributed by atoms with Crippen LogP contribution in [-0.2, 0) is 0 Å². The molecule has 1 saturated heterocycles. The van der Waals surface area contributed by atoms with Crippen LogP contribution in [0.2, 0.25) is 0 Å². The summed E-state index contributed by atoms with van der Waals surface area (Å²) in [6, 6.07) is 10.3. The second-order valence-electron chi connectivity index (χ2n) is 6.43. The van der Waals surface area contributed by atoms with Gasteiger partial charge in [0.1, 0.15) is 0 Å². The van der Waals surface area contributed by atoms with E-state index in [9.17, 15) is 0 Å². The number of hydrogen-bond acceptors (Lipinski definition) is 2. The van der Waals surface area contributed by atoms with Crippen LogP contribution in [0, 0.1) is 5.92 Å². The molecule has 2 heteroatoms. The summed E-state index contributed by atoms with van der Waals surface area (Å²) in [6.45, 7) is 6.76. The van der Waals surface area contributed by atoms with Crippen LogP contribution in [0.4, 0.5) is 5.69 Å². The molecule has 3 rings (SSSR count). The monoisotopic (exact) mass is 272 g/mol. The molecule has 1 heterocycles. The summed E-state index contributed by atoms with van der Waals surface area (Å²) in [5.41, 5.74) is 2.95. The van der Waals surface area contributed by atoms with Gasteiger partial charge in [-0.2, -0.15) is 0 Å². The second-order valence-corrected chi connectivity index (χ2v) is 6.43. The van der Waals surface area contributed by atoms with Crippen molar-refractivity contribution in [3.63, 3.8) is 0 Å². The van der Waals surface area contributed by atoms with Crippen molar-refractivity contribution in [1.29, 1.82) is 0 Å². The molecule has 0 amide bonds. The number of anilines is 1. The summed E-state index contributed by atoms with van der Waals surface area (Å²) in [7, 11) is 0. The van der Waals surface area contributed by atoms with Gasteiger partial charge < -0.3 is 10.2 Å². The molecule has 110 valence electrons. The Balaban J connectivity index is 1.86. The van der Waals surface area contributed by atoms with Crippen LogP contribution in [0.25, 0.3) is 0 Å². The van der Waals surface area contributed by atoms with E-state index in [2.05, 4.69) is 48.3 Å². The zero-order valence-electron chi connectivity index (χ0n) is 12.9. The van der Waals surface area contributed by atoms with E-state index in [1.54, 1.807) is 0 Å². The van der Waals surface area contributed by atoms with Gasteiger partial charge in [-0.05, 0) is 50.3 Å². The number of rotatable bonds is 4. The highest BCUT2D eigenvalue weighted by Gasteiger charge is 2.36. The Morgan fingerprint density at radius 2 is 2.00 bits per heavy atom. The molecule has 3 unspecified atom stereocenters. The molecule has 0 aromatic heterocycles. The fraction of sp³-hybridized carbons (Fsp3) is 0.667. The quantitative estimate of drug-likeness (QED) is 0.886. The molecule has 2 nitrogen and oxygen atoms in total. The summed E-state index contributed by atoms with van der Waals surface area (Å²) in [4.78, 5) is 2.72. The number of fused-ring (bicyclic) bond motifs is 1. The molecule has 1 aromatic rings. The highest BCUT2D eigenvalue weighted by atomic mass is 15.2. The van der Waals surface area contributed by atoms with E-state index < -0.39 is 0 Å². The molecule has 0 spiro atoms. The van der Waals surface area contributed by atoms with E-state index in [4.69, 9.17) is 0 Å². The average molecular weight is 272 g/mol. The van der Waals surface area contributed by atoms with Crippen LogP contribution in [0.5, 0.6) is 0 Å². The van der Waals surface area contributed by atoms with Crippen LogP contribution in [0.15, 0.2) is 24.3 Å². The van der Waals surface area contributed by atoms with Crippen LogP contribution in [-0.4, -0.2) is 19.1 Å². The van der Waals surface area contributed by atoms with E-state index in [0.29, 0.717) is 6.04 Å². The maximum atomic E-state index is 3.57. The third-order valence-corrected chi connectivity index (χ3v) is 5.23. The van der Waals surface area contributed by atoms with Crippen molar-refractivity contribution >= 4 is 5.69 Å². The van der Waals surface area contributed by atoms with E-state index in [1.807, 2.05) is 0 Å². The standard InChI is InChI=1S/C18H28N2/c1-3-19-14(2)16-9-5-7-11-18(16)20-13-12-15-8-4-6-10-17(15)20/h5,7,9,11,14-15,17,19H,3-4,6,8,10,12-13H2,1-2H3. The molecule has 1 aromatic carbocycles. The largest absolute Gasteiger partial charge is 0.368 e. The molecule has 1 saturated carbocycles. The number of nitrogens with one attached hydrogen (secondary N) is 1.